The molecule has 0 aromatic heterocycles. The first kappa shape index (κ1) is 13.8. The Morgan fingerprint density at radius 3 is 1.85 bits per heavy atom. The molecule has 5 heteroatoms. The highest BCUT2D eigenvalue weighted by Gasteiger charge is 2.01. The Morgan fingerprint density at radius 1 is 0.769 bits per heavy atom. The van der Waals surface area contributed by atoms with Crippen LogP contribution in [0.25, 0.3) is 0 Å². The molecular weight excluding hydrogens is 230 g/mol. The smallest absolute Gasteiger partial charge is 0.0351 e. The number of nitrogens with zero attached hydrogens (tertiary/aromatic N) is 1. The Kier molecular flexibility index (Phi) is 11.5. The molecule has 2 nitrogen and oxygen atoms in total. The Hall–Kier alpha value is 0.790. The molecule has 0 spiro atoms. The number of halogens is 3. The van der Waals surface area contributed by atoms with Crippen LogP contribution in [0.5, 0.6) is 0 Å². The number of rotatable bonds is 9. The summed E-state index contributed by atoms with van der Waals surface area (Å²) < 4.78 is 0. The zero-order chi connectivity index (χ0) is 9.94. The fourth-order valence-electron chi connectivity index (χ4n) is 1.00. The zero-order valence-corrected chi connectivity index (χ0v) is 10.0. The lowest BCUT2D eigenvalue weighted by molar-refractivity contribution is 0.307. The topological polar surface area (TPSA) is 15.3 Å². The van der Waals surface area contributed by atoms with Gasteiger partial charge in [-0.05, 0) is 0 Å². The lowest BCUT2D eigenvalue weighted by Gasteiger charge is -2.19. The second-order valence-corrected chi connectivity index (χ2v) is 3.79. The fraction of sp³-hybridized carbons (Fsp3) is 1.00. The molecule has 0 aliphatic carbocycles. The highest BCUT2D eigenvalue weighted by atomic mass is 35.5. The molecule has 80 valence electrons. The summed E-state index contributed by atoms with van der Waals surface area (Å²) in [5.41, 5.74) is 0. The minimum Gasteiger partial charge on any atom is -0.314 e. The van der Waals surface area contributed by atoms with Crippen molar-refractivity contribution in [3.05, 3.63) is 0 Å². The van der Waals surface area contributed by atoms with Gasteiger partial charge in [-0.2, -0.15) is 0 Å². The predicted octanol–water partition coefficient (Wildman–Crippen LogP) is 1.59. The standard InChI is InChI=1S/C8H17Cl3N2/c9-1-4-12-5-8-13(6-2-10)7-3-11/h12H,1-8H2. The van der Waals surface area contributed by atoms with Crippen molar-refractivity contribution < 1.29 is 0 Å². The number of hydrogen-bond acceptors (Lipinski definition) is 2. The molecule has 0 saturated carbocycles. The van der Waals surface area contributed by atoms with Gasteiger partial charge >= 0.3 is 0 Å². The molecule has 0 saturated heterocycles. The van der Waals surface area contributed by atoms with E-state index in [1.54, 1.807) is 0 Å². The van der Waals surface area contributed by atoms with Gasteiger partial charge in [-0.25, -0.2) is 0 Å². The maximum atomic E-state index is 5.65. The molecule has 1 N–H and O–H groups in total. The van der Waals surface area contributed by atoms with E-state index in [2.05, 4.69) is 10.2 Å². The van der Waals surface area contributed by atoms with E-state index in [4.69, 9.17) is 34.8 Å². The molecule has 0 atom stereocenters. The van der Waals surface area contributed by atoms with Crippen LogP contribution in [0.15, 0.2) is 0 Å². The number of alkyl halides is 3. The van der Waals surface area contributed by atoms with Gasteiger partial charge in [0.1, 0.15) is 0 Å². The number of nitrogens with one attached hydrogen (secondary N) is 1. The van der Waals surface area contributed by atoms with Gasteiger partial charge in [0.05, 0.1) is 0 Å². The van der Waals surface area contributed by atoms with Gasteiger partial charge < -0.3 is 5.32 Å². The van der Waals surface area contributed by atoms with Crippen LogP contribution in [-0.4, -0.2) is 55.3 Å². The first-order valence-electron chi connectivity index (χ1n) is 4.46. The third-order valence-corrected chi connectivity index (χ3v) is 2.20. The molecule has 0 aliphatic rings. The first-order valence-corrected chi connectivity index (χ1v) is 6.06. The van der Waals surface area contributed by atoms with Gasteiger partial charge in [0, 0.05) is 50.4 Å². The Balaban J connectivity index is 3.33. The van der Waals surface area contributed by atoms with Gasteiger partial charge in [-0.15, -0.1) is 34.8 Å². The van der Waals surface area contributed by atoms with Crippen molar-refractivity contribution in [2.45, 2.75) is 0 Å². The fourth-order valence-corrected chi connectivity index (χ4v) is 1.62. The normalized spacial score (nSPS) is 11.1. The molecule has 13 heavy (non-hydrogen) atoms. The van der Waals surface area contributed by atoms with E-state index in [0.717, 1.165) is 32.7 Å². The van der Waals surface area contributed by atoms with Crippen LogP contribution in [0.3, 0.4) is 0 Å². The summed E-state index contributed by atoms with van der Waals surface area (Å²) in [4.78, 5) is 2.24. The summed E-state index contributed by atoms with van der Waals surface area (Å²) in [5.74, 6) is 1.98. The summed E-state index contributed by atoms with van der Waals surface area (Å²) >= 11 is 16.8. The Morgan fingerprint density at radius 2 is 1.38 bits per heavy atom. The zero-order valence-electron chi connectivity index (χ0n) is 7.74. The lowest BCUT2D eigenvalue weighted by atomic mass is 10.4. The van der Waals surface area contributed by atoms with Crippen molar-refractivity contribution >= 4 is 34.8 Å². The van der Waals surface area contributed by atoms with E-state index in [1.807, 2.05) is 0 Å². The monoisotopic (exact) mass is 246 g/mol. The average molecular weight is 248 g/mol. The molecule has 0 aromatic rings. The van der Waals surface area contributed by atoms with Crippen molar-refractivity contribution in [2.75, 3.05) is 50.4 Å². The highest BCUT2D eigenvalue weighted by Crippen LogP contribution is 1.90. The maximum Gasteiger partial charge on any atom is 0.0351 e. The van der Waals surface area contributed by atoms with E-state index in [9.17, 15) is 0 Å². The van der Waals surface area contributed by atoms with Crippen molar-refractivity contribution in [2.24, 2.45) is 0 Å². The molecule has 0 bridgehead atoms. The van der Waals surface area contributed by atoms with Crippen LogP contribution >= 0.6 is 34.8 Å². The molecule has 0 rings (SSSR count). The minimum atomic E-state index is 0.658. The summed E-state index contributed by atoms with van der Waals surface area (Å²) in [6.07, 6.45) is 0. The highest BCUT2D eigenvalue weighted by molar-refractivity contribution is 6.18. The van der Waals surface area contributed by atoms with E-state index >= 15 is 0 Å². The summed E-state index contributed by atoms with van der Waals surface area (Å²) in [6.45, 7) is 4.58. The van der Waals surface area contributed by atoms with Crippen molar-refractivity contribution in [3.8, 4) is 0 Å². The van der Waals surface area contributed by atoms with Crippen molar-refractivity contribution in [1.82, 2.24) is 10.2 Å². The van der Waals surface area contributed by atoms with Crippen LogP contribution in [0.4, 0.5) is 0 Å². The molecule has 0 amide bonds. The van der Waals surface area contributed by atoms with Gasteiger partial charge in [0.25, 0.3) is 0 Å². The van der Waals surface area contributed by atoms with E-state index in [-0.39, 0.29) is 0 Å². The van der Waals surface area contributed by atoms with Crippen molar-refractivity contribution in [1.29, 1.82) is 0 Å². The summed E-state index contributed by atoms with van der Waals surface area (Å²) in [6, 6.07) is 0. The van der Waals surface area contributed by atoms with E-state index in [1.165, 1.54) is 0 Å². The minimum absolute atomic E-state index is 0.658. The SMILES string of the molecule is ClCCNCCN(CCCl)CCCl. The summed E-state index contributed by atoms with van der Waals surface area (Å²) in [5, 5.41) is 3.22. The Bertz CT molecular complexity index is 97.4. The molecule has 0 heterocycles. The lowest BCUT2D eigenvalue weighted by Crippen LogP contribution is -2.35. The molecule has 0 unspecified atom stereocenters. The Labute approximate surface area is 95.5 Å². The third-order valence-electron chi connectivity index (χ3n) is 1.68. The van der Waals surface area contributed by atoms with Crippen LogP contribution in [0.2, 0.25) is 0 Å². The molecular formula is C8H17Cl3N2. The second kappa shape index (κ2) is 10.9. The molecule has 0 radical (unpaired) electrons. The predicted molar refractivity (Wildman–Crippen MR) is 61.5 cm³/mol. The van der Waals surface area contributed by atoms with E-state index in [0.29, 0.717) is 17.6 Å². The quantitative estimate of drug-likeness (QED) is 0.492. The average Bonchev–Trinajstić information content (AvgIpc) is 2.13. The first-order chi connectivity index (χ1) is 6.35. The maximum absolute atomic E-state index is 5.65. The van der Waals surface area contributed by atoms with Crippen LogP contribution in [0.1, 0.15) is 0 Å². The van der Waals surface area contributed by atoms with Crippen molar-refractivity contribution in [3.63, 3.8) is 0 Å². The molecule has 0 aromatic carbocycles. The van der Waals surface area contributed by atoms with E-state index < -0.39 is 0 Å². The summed E-state index contributed by atoms with van der Waals surface area (Å²) in [7, 11) is 0. The number of hydrogen-bond donors (Lipinski definition) is 1. The van der Waals surface area contributed by atoms with Crippen LogP contribution in [-0.2, 0) is 0 Å². The van der Waals surface area contributed by atoms with Gasteiger partial charge in [0.15, 0.2) is 0 Å². The van der Waals surface area contributed by atoms with Gasteiger partial charge in [0.2, 0.25) is 0 Å². The largest absolute Gasteiger partial charge is 0.314 e. The van der Waals surface area contributed by atoms with Crippen LogP contribution in [0, 0.1) is 0 Å². The second-order valence-electron chi connectivity index (χ2n) is 2.66. The van der Waals surface area contributed by atoms with Gasteiger partial charge in [-0.1, -0.05) is 0 Å². The molecule has 0 fully saturated rings. The third kappa shape index (κ3) is 9.10. The van der Waals surface area contributed by atoms with Crippen LogP contribution < -0.4 is 5.32 Å². The van der Waals surface area contributed by atoms with Gasteiger partial charge in [-0.3, -0.25) is 4.90 Å². The molecule has 0 aliphatic heterocycles.